The third kappa shape index (κ3) is 35.4. The van der Waals surface area contributed by atoms with Crippen LogP contribution < -0.4 is 51.4 Å². The van der Waals surface area contributed by atoms with E-state index in [1.54, 1.807) is 0 Å². The summed E-state index contributed by atoms with van der Waals surface area (Å²) in [5.41, 5.74) is -0.341. The van der Waals surface area contributed by atoms with Crippen molar-refractivity contribution < 1.29 is 83.4 Å². The van der Waals surface area contributed by atoms with Crippen molar-refractivity contribution in [1.29, 1.82) is 0 Å². The number of unbranched alkanes of at least 4 members (excludes halogenated alkanes) is 30. The molecule has 0 heterocycles. The van der Waals surface area contributed by atoms with Crippen molar-refractivity contribution in [2.24, 2.45) is 0 Å². The molecule has 1 rings (SSSR count). The summed E-state index contributed by atoms with van der Waals surface area (Å²) in [5, 5.41) is 0. The van der Waals surface area contributed by atoms with Gasteiger partial charge >= 0.3 is 63.3 Å². The molecule has 0 aliphatic rings. The van der Waals surface area contributed by atoms with Crippen LogP contribution in [0, 0.1) is 0 Å². The Morgan fingerprint density at radius 3 is 1.07 bits per heavy atom. The predicted molar refractivity (Wildman–Crippen MR) is 242 cm³/mol. The van der Waals surface area contributed by atoms with Crippen molar-refractivity contribution in [1.82, 2.24) is 0 Å². The van der Waals surface area contributed by atoms with Gasteiger partial charge in [0.1, 0.15) is 10.1 Å². The number of benzene rings is 1. The van der Waals surface area contributed by atoms with Crippen LogP contribution in [-0.2, 0) is 19.6 Å². The molecule has 0 saturated heterocycles. The second-order valence-corrected chi connectivity index (χ2v) is 17.8. The summed E-state index contributed by atoms with van der Waals surface area (Å²) < 4.78 is 45.9. The van der Waals surface area contributed by atoms with Crippen LogP contribution in [0.2, 0.25) is 0 Å². The van der Waals surface area contributed by atoms with E-state index in [4.69, 9.17) is 9.47 Å². The van der Waals surface area contributed by atoms with Gasteiger partial charge in [0.25, 0.3) is 0 Å². The Bertz CT molecular complexity index is 1310. The normalized spacial score (nSPS) is 11.7. The van der Waals surface area contributed by atoms with Gasteiger partial charge in [-0.1, -0.05) is 192 Å². The Hall–Kier alpha value is -0.814. The van der Waals surface area contributed by atoms with Crippen LogP contribution in [0.15, 0.2) is 47.4 Å². The smallest absolute Gasteiger partial charge is 0.744 e. The molecule has 0 radical (unpaired) electrons. The number of hydrogen-bond acceptors (Lipinski definition) is 7. The first-order valence-corrected chi connectivity index (χ1v) is 25.5. The van der Waals surface area contributed by atoms with Crippen LogP contribution in [0.5, 0.6) is 0 Å². The van der Waals surface area contributed by atoms with Crippen LogP contribution in [0.1, 0.15) is 253 Å². The van der Waals surface area contributed by atoms with Crippen LogP contribution in [-0.4, -0.2) is 38.1 Å². The Morgan fingerprint density at radius 1 is 0.458 bits per heavy atom. The van der Waals surface area contributed by atoms with Crippen molar-refractivity contribution in [3.63, 3.8) is 0 Å². The number of carbonyl (C=O) groups excluding carboxylic acids is 2. The summed E-state index contributed by atoms with van der Waals surface area (Å²) in [6.45, 7) is 4.88. The summed E-state index contributed by atoms with van der Waals surface area (Å²) in [6.07, 6.45) is 50.8. The number of allylic oxidation sites excluding steroid dienone is 4. The summed E-state index contributed by atoms with van der Waals surface area (Å²) in [6, 6.07) is 3.14. The topological polar surface area (TPSA) is 110 Å². The van der Waals surface area contributed by atoms with Gasteiger partial charge in [-0.2, -0.15) is 0 Å². The molecule has 0 bridgehead atoms. The van der Waals surface area contributed by atoms with Crippen molar-refractivity contribution in [3.05, 3.63) is 53.6 Å². The second-order valence-electron chi connectivity index (χ2n) is 16.4. The van der Waals surface area contributed by atoms with E-state index in [9.17, 15) is 22.6 Å². The molecule has 0 N–H and O–H groups in total. The molecule has 1 aromatic carbocycles. The molecule has 59 heavy (non-hydrogen) atoms. The zero-order chi connectivity index (χ0) is 42.2. The molecule has 7 nitrogen and oxygen atoms in total. The fraction of sp³-hybridized carbons (Fsp3) is 0.760. The molecule has 0 aromatic heterocycles. The van der Waals surface area contributed by atoms with Crippen molar-refractivity contribution in [2.45, 2.75) is 237 Å². The first-order chi connectivity index (χ1) is 28.3. The van der Waals surface area contributed by atoms with Gasteiger partial charge in [0, 0.05) is 0 Å². The first-order valence-electron chi connectivity index (χ1n) is 24.0. The zero-order valence-electron chi connectivity index (χ0n) is 38.3. The van der Waals surface area contributed by atoms with E-state index in [1.807, 2.05) is 0 Å². The Balaban J connectivity index is 0.0000336. The standard InChI is InChI=1S/C50H86O7S.K/c1-3-5-7-9-11-13-15-17-19-21-23-25-27-29-31-33-35-37-39-43-56-49(51)47-42-41-46(58(53,54)55)45-48(47)50(52)57-44-40-38-36-34-32-30-28-26-24-22-20-18-16-14-12-10-8-6-4-2;/h19-22,41-42,45H,3-18,23-40,43-44H2,1-2H3,(H,53,54,55);/q;+1/p-1/b21-19+,22-20+;. The molecular weight excluding hydrogens is 784 g/mol. The summed E-state index contributed by atoms with van der Waals surface area (Å²) in [5.74, 6) is -1.55. The maximum Gasteiger partial charge on any atom is 1.00 e. The molecule has 0 fully saturated rings. The quantitative estimate of drug-likeness (QED) is 0.0212. The molecule has 0 spiro atoms. The fourth-order valence-corrected chi connectivity index (χ4v) is 7.77. The van der Waals surface area contributed by atoms with E-state index < -0.39 is 27.0 Å². The van der Waals surface area contributed by atoms with Crippen LogP contribution >= 0.6 is 0 Å². The van der Waals surface area contributed by atoms with Gasteiger partial charge in [-0.25, -0.2) is 18.0 Å². The number of hydrogen-bond donors (Lipinski definition) is 0. The summed E-state index contributed by atoms with van der Waals surface area (Å²) >= 11 is 0. The molecule has 0 unspecified atom stereocenters. The molecule has 1 aromatic rings. The van der Waals surface area contributed by atoms with E-state index in [-0.39, 0.29) is 75.7 Å². The van der Waals surface area contributed by atoms with Gasteiger partial charge in [-0.05, 0) is 82.4 Å². The van der Waals surface area contributed by atoms with Gasteiger partial charge in [0.05, 0.1) is 29.2 Å². The van der Waals surface area contributed by atoms with E-state index in [1.165, 1.54) is 173 Å². The van der Waals surface area contributed by atoms with Gasteiger partial charge in [0.15, 0.2) is 0 Å². The van der Waals surface area contributed by atoms with E-state index in [0.717, 1.165) is 50.7 Å². The molecule has 334 valence electrons. The third-order valence-electron chi connectivity index (χ3n) is 11.0. The van der Waals surface area contributed by atoms with Crippen LogP contribution in [0.25, 0.3) is 0 Å². The van der Waals surface area contributed by atoms with Gasteiger partial charge < -0.3 is 14.0 Å². The van der Waals surface area contributed by atoms with Crippen molar-refractivity contribution in [2.75, 3.05) is 13.2 Å². The minimum absolute atomic E-state index is 0. The van der Waals surface area contributed by atoms with Crippen molar-refractivity contribution in [3.8, 4) is 0 Å². The summed E-state index contributed by atoms with van der Waals surface area (Å²) in [7, 11) is -4.82. The summed E-state index contributed by atoms with van der Waals surface area (Å²) in [4.78, 5) is 25.3. The Labute approximate surface area is 405 Å². The zero-order valence-corrected chi connectivity index (χ0v) is 42.2. The molecular formula is C50H85KO7S. The minimum Gasteiger partial charge on any atom is -0.744 e. The number of ether oxygens (including phenoxy) is 2. The predicted octanol–water partition coefficient (Wildman–Crippen LogP) is 12.3. The van der Waals surface area contributed by atoms with E-state index >= 15 is 0 Å². The average molecular weight is 869 g/mol. The Kier molecular flexibility index (Phi) is 41.9. The van der Waals surface area contributed by atoms with Crippen LogP contribution in [0.3, 0.4) is 0 Å². The molecule has 0 aliphatic heterocycles. The van der Waals surface area contributed by atoms with E-state index in [0.29, 0.717) is 12.8 Å². The van der Waals surface area contributed by atoms with Gasteiger partial charge in [-0.3, -0.25) is 0 Å². The SMILES string of the molecule is CCCCCCCCC/C=C/CCCCCCCCCCOC(=O)c1ccc(S(=O)(=O)[O-])cc1C(=O)OCCCCCCCCCC/C=C/CCCCCCCCC.[K+]. The molecule has 0 amide bonds. The maximum absolute atomic E-state index is 13.0. The maximum atomic E-state index is 13.0. The van der Waals surface area contributed by atoms with Crippen molar-refractivity contribution >= 4 is 22.1 Å². The molecule has 0 saturated carbocycles. The van der Waals surface area contributed by atoms with Crippen LogP contribution in [0.4, 0.5) is 0 Å². The number of carbonyl (C=O) groups is 2. The first kappa shape index (κ1) is 58.2. The largest absolute Gasteiger partial charge is 1.00 e. The average Bonchev–Trinajstić information content (AvgIpc) is 3.21. The number of esters is 2. The Morgan fingerprint density at radius 2 is 0.746 bits per heavy atom. The second kappa shape index (κ2) is 42.5. The van der Waals surface area contributed by atoms with E-state index in [2.05, 4.69) is 38.2 Å². The fourth-order valence-electron chi connectivity index (χ4n) is 7.27. The minimum atomic E-state index is -4.82. The molecule has 9 heteroatoms. The molecule has 0 aliphatic carbocycles. The molecule has 0 atom stereocenters. The monoisotopic (exact) mass is 869 g/mol. The van der Waals surface area contributed by atoms with Gasteiger partial charge in [0.2, 0.25) is 0 Å². The van der Waals surface area contributed by atoms with Gasteiger partial charge in [-0.15, -0.1) is 0 Å². The third-order valence-corrected chi connectivity index (χ3v) is 11.8. The number of rotatable bonds is 41.